The van der Waals surface area contributed by atoms with E-state index in [1.54, 1.807) is 6.92 Å². The van der Waals surface area contributed by atoms with Crippen molar-refractivity contribution in [1.82, 2.24) is 15.5 Å². The van der Waals surface area contributed by atoms with E-state index >= 15 is 0 Å². The molecule has 0 unspecified atom stereocenters. The Morgan fingerprint density at radius 2 is 2.08 bits per heavy atom. The van der Waals surface area contributed by atoms with Crippen LogP contribution in [0.1, 0.15) is 60.8 Å². The zero-order chi connectivity index (χ0) is 17.6. The summed E-state index contributed by atoms with van der Waals surface area (Å²) in [5.41, 5.74) is -0.293. The summed E-state index contributed by atoms with van der Waals surface area (Å²) in [6, 6.07) is 1.42. The fraction of sp³-hybridized carbons (Fsp3) is 0.529. The molecule has 0 saturated heterocycles. The summed E-state index contributed by atoms with van der Waals surface area (Å²) < 4.78 is 15.5. The Labute approximate surface area is 144 Å². The third kappa shape index (κ3) is 4.46. The second-order valence-corrected chi connectivity index (χ2v) is 6.14. The molecule has 2 aromatic rings. The largest absolute Gasteiger partial charge is 0.478 e. The van der Waals surface area contributed by atoms with Gasteiger partial charge in [-0.15, -0.1) is 0 Å². The molecule has 0 bridgehead atoms. The maximum Gasteiger partial charge on any atom is 0.316 e. The highest BCUT2D eigenvalue weighted by Crippen LogP contribution is 2.17. The van der Waals surface area contributed by atoms with Gasteiger partial charge in [-0.1, -0.05) is 30.8 Å². The predicted octanol–water partition coefficient (Wildman–Crippen LogP) is 2.36. The lowest BCUT2D eigenvalue weighted by atomic mass is 10.1. The molecule has 1 aliphatic carbocycles. The molecule has 1 amide bonds. The summed E-state index contributed by atoms with van der Waals surface area (Å²) in [6.45, 7) is 1.54. The van der Waals surface area contributed by atoms with Gasteiger partial charge in [0.05, 0.1) is 6.26 Å². The van der Waals surface area contributed by atoms with E-state index in [1.807, 2.05) is 0 Å². The number of amides is 1. The van der Waals surface area contributed by atoms with Gasteiger partial charge in [-0.3, -0.25) is 9.59 Å². The molecule has 2 heterocycles. The molecule has 1 aliphatic rings. The molecule has 2 aromatic heterocycles. The summed E-state index contributed by atoms with van der Waals surface area (Å²) in [4.78, 5) is 27.9. The molecule has 8 nitrogen and oxygen atoms in total. The Morgan fingerprint density at radius 3 is 2.80 bits per heavy atom. The normalized spacial score (nSPS) is 15.6. The minimum atomic E-state index is -0.374. The van der Waals surface area contributed by atoms with Crippen molar-refractivity contribution in [2.45, 2.75) is 58.1 Å². The number of nitrogens with zero attached hydrogens (tertiary/aromatic N) is 2. The van der Waals surface area contributed by atoms with Gasteiger partial charge in [-0.25, -0.2) is 0 Å². The lowest BCUT2D eigenvalue weighted by Gasteiger charge is -2.14. The van der Waals surface area contributed by atoms with Crippen LogP contribution in [-0.4, -0.2) is 22.1 Å². The van der Waals surface area contributed by atoms with E-state index in [4.69, 9.17) is 13.7 Å². The van der Waals surface area contributed by atoms with Crippen LogP contribution in [0, 0.1) is 6.92 Å². The van der Waals surface area contributed by atoms with Crippen molar-refractivity contribution >= 4 is 5.91 Å². The smallest absolute Gasteiger partial charge is 0.316 e. The number of carbonyl (C=O) groups is 1. The Hall–Kier alpha value is -2.64. The number of aryl methyl sites for hydroxylation is 1. The summed E-state index contributed by atoms with van der Waals surface area (Å²) in [6.07, 6.45) is 7.90. The Balaban J connectivity index is 1.58. The van der Waals surface area contributed by atoms with E-state index < -0.39 is 0 Å². The van der Waals surface area contributed by atoms with Crippen molar-refractivity contribution in [2.24, 2.45) is 0 Å². The van der Waals surface area contributed by atoms with Crippen molar-refractivity contribution in [2.75, 3.05) is 0 Å². The monoisotopic (exact) mass is 347 g/mol. The Bertz CT molecular complexity index is 775. The highest BCUT2D eigenvalue weighted by Gasteiger charge is 2.20. The van der Waals surface area contributed by atoms with E-state index in [0.29, 0.717) is 5.76 Å². The fourth-order valence-corrected chi connectivity index (χ4v) is 2.89. The number of carbonyl (C=O) groups excluding carboxylic acids is 1. The number of nitrogens with one attached hydrogen (secondary N) is 1. The van der Waals surface area contributed by atoms with Gasteiger partial charge in [0.15, 0.2) is 6.61 Å². The van der Waals surface area contributed by atoms with Crippen LogP contribution in [0.3, 0.4) is 0 Å². The van der Waals surface area contributed by atoms with Gasteiger partial charge in [-0.05, 0) is 19.8 Å². The molecule has 0 radical (unpaired) electrons. The van der Waals surface area contributed by atoms with E-state index in [-0.39, 0.29) is 41.4 Å². The van der Waals surface area contributed by atoms with Crippen LogP contribution in [0.5, 0.6) is 5.75 Å². The molecule has 1 saturated carbocycles. The minimum absolute atomic E-state index is 0.0875. The molecule has 0 aromatic carbocycles. The van der Waals surface area contributed by atoms with Crippen molar-refractivity contribution in [3.8, 4) is 5.75 Å². The van der Waals surface area contributed by atoms with Crippen molar-refractivity contribution < 1.29 is 18.5 Å². The van der Waals surface area contributed by atoms with Gasteiger partial charge in [0, 0.05) is 12.1 Å². The van der Waals surface area contributed by atoms with Gasteiger partial charge in [0.1, 0.15) is 5.76 Å². The van der Waals surface area contributed by atoms with E-state index in [2.05, 4.69) is 15.5 Å². The first-order chi connectivity index (χ1) is 12.1. The average Bonchev–Trinajstić information content (AvgIpc) is 2.92. The number of aromatic nitrogens is 2. The number of hydrogen-bond acceptors (Lipinski definition) is 7. The number of hydrogen-bond donors (Lipinski definition) is 1. The SMILES string of the molecule is Cc1occc(=O)c1OCc1noc(C(=O)NC2CCCCCC2)n1. The number of ether oxygens (including phenoxy) is 1. The second-order valence-electron chi connectivity index (χ2n) is 6.14. The zero-order valence-electron chi connectivity index (χ0n) is 14.1. The van der Waals surface area contributed by atoms with Crippen molar-refractivity contribution in [1.29, 1.82) is 0 Å². The molecule has 0 aliphatic heterocycles. The molecule has 8 heteroatoms. The first-order valence-electron chi connectivity index (χ1n) is 8.48. The summed E-state index contributed by atoms with van der Waals surface area (Å²) in [5, 5.41) is 6.66. The molecule has 0 spiro atoms. The number of rotatable bonds is 5. The van der Waals surface area contributed by atoms with Crippen LogP contribution in [0.15, 0.2) is 26.1 Å². The van der Waals surface area contributed by atoms with Crippen LogP contribution in [0.25, 0.3) is 0 Å². The highest BCUT2D eigenvalue weighted by atomic mass is 16.5. The second kappa shape index (κ2) is 7.96. The molecule has 1 N–H and O–H groups in total. The average molecular weight is 347 g/mol. The summed E-state index contributed by atoms with van der Waals surface area (Å²) >= 11 is 0. The van der Waals surface area contributed by atoms with Gasteiger partial charge in [0.25, 0.3) is 0 Å². The fourth-order valence-electron chi connectivity index (χ4n) is 2.89. The molecule has 134 valence electrons. The van der Waals surface area contributed by atoms with Gasteiger partial charge in [-0.2, -0.15) is 4.98 Å². The maximum atomic E-state index is 12.2. The third-order valence-electron chi connectivity index (χ3n) is 4.21. The Kier molecular flexibility index (Phi) is 5.47. The summed E-state index contributed by atoms with van der Waals surface area (Å²) in [5.74, 6) is 0.175. The Morgan fingerprint density at radius 1 is 1.32 bits per heavy atom. The molecule has 1 fully saturated rings. The topological polar surface area (TPSA) is 107 Å². The van der Waals surface area contributed by atoms with Gasteiger partial charge < -0.3 is 19.0 Å². The van der Waals surface area contributed by atoms with Gasteiger partial charge in [0.2, 0.25) is 17.0 Å². The summed E-state index contributed by atoms with van der Waals surface area (Å²) in [7, 11) is 0. The molecule has 0 atom stereocenters. The van der Waals surface area contributed by atoms with Crippen molar-refractivity contribution in [3.63, 3.8) is 0 Å². The van der Waals surface area contributed by atoms with Crippen LogP contribution >= 0.6 is 0 Å². The quantitative estimate of drug-likeness (QED) is 0.827. The molecular weight excluding hydrogens is 326 g/mol. The first kappa shape index (κ1) is 17.2. The molecular formula is C17H21N3O5. The minimum Gasteiger partial charge on any atom is -0.478 e. The lowest BCUT2D eigenvalue weighted by molar-refractivity contribution is 0.0889. The van der Waals surface area contributed by atoms with E-state index in [0.717, 1.165) is 25.7 Å². The van der Waals surface area contributed by atoms with Crippen molar-refractivity contribution in [3.05, 3.63) is 40.0 Å². The van der Waals surface area contributed by atoms with Crippen LogP contribution in [0.2, 0.25) is 0 Å². The van der Waals surface area contributed by atoms with E-state index in [1.165, 1.54) is 25.2 Å². The van der Waals surface area contributed by atoms with Crippen LogP contribution in [0.4, 0.5) is 0 Å². The van der Waals surface area contributed by atoms with Crippen LogP contribution in [-0.2, 0) is 6.61 Å². The van der Waals surface area contributed by atoms with Crippen LogP contribution < -0.4 is 15.5 Å². The standard InChI is InChI=1S/C17H21N3O5/c1-11-15(13(21)8-9-23-11)24-10-14-19-17(25-20-14)16(22)18-12-6-4-2-3-5-7-12/h8-9,12H,2-7,10H2,1H3,(H,18,22). The third-order valence-corrected chi connectivity index (χ3v) is 4.21. The lowest BCUT2D eigenvalue weighted by Crippen LogP contribution is -2.34. The first-order valence-corrected chi connectivity index (χ1v) is 8.48. The maximum absolute atomic E-state index is 12.2. The predicted molar refractivity (Wildman–Crippen MR) is 87.3 cm³/mol. The molecule has 25 heavy (non-hydrogen) atoms. The molecule has 3 rings (SSSR count). The van der Waals surface area contributed by atoms with E-state index in [9.17, 15) is 9.59 Å². The highest BCUT2D eigenvalue weighted by molar-refractivity contribution is 5.89. The zero-order valence-corrected chi connectivity index (χ0v) is 14.1. The van der Waals surface area contributed by atoms with Gasteiger partial charge >= 0.3 is 11.8 Å².